The van der Waals surface area contributed by atoms with Gasteiger partial charge >= 0.3 is 6.18 Å². The number of alkyl halides is 3. The molecule has 160 valence electrons. The number of thiazole rings is 1. The number of amides is 1. The fourth-order valence-corrected chi connectivity index (χ4v) is 5.25. The normalized spacial score (nSPS) is 14.3. The Morgan fingerprint density at radius 2 is 2.10 bits per heavy atom. The van der Waals surface area contributed by atoms with E-state index in [2.05, 4.69) is 15.3 Å². The molecule has 0 aliphatic carbocycles. The summed E-state index contributed by atoms with van der Waals surface area (Å²) in [6, 6.07) is 8.15. The van der Waals surface area contributed by atoms with Gasteiger partial charge in [-0.15, -0.1) is 0 Å². The molecule has 2 aromatic carbocycles. The van der Waals surface area contributed by atoms with E-state index >= 15 is 0 Å². The van der Waals surface area contributed by atoms with Crippen molar-refractivity contribution < 1.29 is 18.0 Å². The fraction of sp³-hybridized carbons (Fsp3) is 0.238. The van der Waals surface area contributed by atoms with Crippen molar-refractivity contribution in [2.45, 2.75) is 26.1 Å². The summed E-state index contributed by atoms with van der Waals surface area (Å²) in [7, 11) is 0. The Morgan fingerprint density at radius 3 is 2.84 bits per heavy atom. The van der Waals surface area contributed by atoms with Crippen molar-refractivity contribution in [3.8, 4) is 0 Å². The molecule has 0 spiro atoms. The molecule has 5 nitrogen and oxygen atoms in total. The van der Waals surface area contributed by atoms with Gasteiger partial charge in [0.1, 0.15) is 0 Å². The highest BCUT2D eigenvalue weighted by Gasteiger charge is 2.35. The van der Waals surface area contributed by atoms with E-state index in [9.17, 15) is 18.0 Å². The lowest BCUT2D eigenvalue weighted by molar-refractivity contribution is -0.136. The lowest BCUT2D eigenvalue weighted by Gasteiger charge is -2.26. The number of H-pyrrole nitrogens is 1. The lowest BCUT2D eigenvalue weighted by Crippen LogP contribution is -2.30. The first-order valence-electron chi connectivity index (χ1n) is 9.52. The third kappa shape index (κ3) is 3.61. The van der Waals surface area contributed by atoms with Crippen LogP contribution in [0.2, 0.25) is 5.02 Å². The first-order valence-corrected chi connectivity index (χ1v) is 10.7. The number of aromatic nitrogens is 2. The molecule has 0 bridgehead atoms. The maximum Gasteiger partial charge on any atom is 0.418 e. The van der Waals surface area contributed by atoms with Crippen LogP contribution in [-0.4, -0.2) is 22.4 Å². The maximum atomic E-state index is 13.7. The smallest absolute Gasteiger partial charge is 0.357 e. The maximum absolute atomic E-state index is 13.7. The van der Waals surface area contributed by atoms with Gasteiger partial charge in [0.2, 0.25) is 5.91 Å². The third-order valence-electron chi connectivity index (χ3n) is 5.32. The van der Waals surface area contributed by atoms with Crippen LogP contribution in [-0.2, 0) is 23.9 Å². The Balaban J connectivity index is 1.55. The van der Waals surface area contributed by atoms with Crippen LogP contribution in [0, 0.1) is 0 Å². The molecule has 4 aromatic rings. The summed E-state index contributed by atoms with van der Waals surface area (Å²) in [5.41, 5.74) is 2.33. The number of aromatic amines is 1. The Labute approximate surface area is 183 Å². The number of rotatable bonds is 2. The molecule has 0 fully saturated rings. The molecule has 1 amide bonds. The molecule has 5 rings (SSSR count). The van der Waals surface area contributed by atoms with Crippen LogP contribution in [0.15, 0.2) is 30.3 Å². The zero-order valence-corrected chi connectivity index (χ0v) is 17.8. The largest absolute Gasteiger partial charge is 0.418 e. The summed E-state index contributed by atoms with van der Waals surface area (Å²) in [6.45, 7) is 2.40. The molecule has 0 saturated heterocycles. The molecule has 0 atom stereocenters. The average Bonchev–Trinajstić information content (AvgIpc) is 3.26. The van der Waals surface area contributed by atoms with Gasteiger partial charge in [0, 0.05) is 40.8 Å². The minimum absolute atomic E-state index is 0.101. The van der Waals surface area contributed by atoms with Crippen LogP contribution in [0.3, 0.4) is 0 Å². The van der Waals surface area contributed by atoms with Crippen molar-refractivity contribution in [2.75, 3.05) is 16.8 Å². The van der Waals surface area contributed by atoms with Crippen LogP contribution in [0.5, 0.6) is 0 Å². The lowest BCUT2D eigenvalue weighted by atomic mass is 10.0. The number of halogens is 4. The van der Waals surface area contributed by atoms with Crippen LogP contribution in [0.1, 0.15) is 23.7 Å². The van der Waals surface area contributed by atoms with E-state index in [1.807, 2.05) is 23.1 Å². The molecular weight excluding hydrogens is 449 g/mol. The second kappa shape index (κ2) is 7.13. The molecule has 0 radical (unpaired) electrons. The van der Waals surface area contributed by atoms with Gasteiger partial charge in [-0.2, -0.15) is 13.2 Å². The van der Waals surface area contributed by atoms with E-state index in [1.54, 1.807) is 0 Å². The molecule has 1 aliphatic rings. The average molecular weight is 465 g/mol. The van der Waals surface area contributed by atoms with Gasteiger partial charge in [-0.1, -0.05) is 22.9 Å². The summed E-state index contributed by atoms with van der Waals surface area (Å²) >= 11 is 7.32. The van der Waals surface area contributed by atoms with E-state index in [-0.39, 0.29) is 11.2 Å². The number of hydrogen-bond acceptors (Lipinski definition) is 4. The van der Waals surface area contributed by atoms with Gasteiger partial charge in [-0.25, -0.2) is 4.98 Å². The Bertz CT molecular complexity index is 1340. The number of carbonyl (C=O) groups is 1. The van der Waals surface area contributed by atoms with Crippen molar-refractivity contribution in [1.82, 2.24) is 9.97 Å². The van der Waals surface area contributed by atoms with Crippen LogP contribution < -0.4 is 10.2 Å². The van der Waals surface area contributed by atoms with Crippen LogP contribution >= 0.6 is 22.9 Å². The molecule has 0 unspecified atom stereocenters. The van der Waals surface area contributed by atoms with Gasteiger partial charge in [-0.05, 0) is 42.3 Å². The first-order chi connectivity index (χ1) is 14.7. The highest BCUT2D eigenvalue weighted by molar-refractivity contribution is 7.22. The molecule has 3 heterocycles. The Morgan fingerprint density at radius 1 is 1.29 bits per heavy atom. The Hall–Kier alpha value is -2.78. The second-order valence-electron chi connectivity index (χ2n) is 7.49. The van der Waals surface area contributed by atoms with Crippen molar-refractivity contribution in [3.05, 3.63) is 52.2 Å². The zero-order valence-electron chi connectivity index (χ0n) is 16.2. The predicted molar refractivity (Wildman–Crippen MR) is 117 cm³/mol. The molecule has 2 N–H and O–H groups in total. The number of carbonyl (C=O) groups excluding carboxylic acids is 1. The molecule has 1 aliphatic heterocycles. The van der Waals surface area contributed by atoms with E-state index in [1.165, 1.54) is 29.9 Å². The van der Waals surface area contributed by atoms with E-state index in [0.717, 1.165) is 29.1 Å². The number of nitrogens with one attached hydrogen (secondary N) is 2. The molecule has 10 heteroatoms. The summed E-state index contributed by atoms with van der Waals surface area (Å²) in [4.78, 5) is 21.1. The quantitative estimate of drug-likeness (QED) is 0.384. The van der Waals surface area contributed by atoms with E-state index < -0.39 is 17.6 Å². The summed E-state index contributed by atoms with van der Waals surface area (Å²) in [6.07, 6.45) is -3.85. The van der Waals surface area contributed by atoms with E-state index in [0.29, 0.717) is 27.9 Å². The van der Waals surface area contributed by atoms with Gasteiger partial charge in [0.15, 0.2) is 5.13 Å². The number of fused-ring (bicyclic) bond motifs is 4. The van der Waals surface area contributed by atoms with Crippen LogP contribution in [0.4, 0.5) is 24.0 Å². The van der Waals surface area contributed by atoms with Gasteiger partial charge in [-0.3, -0.25) is 4.79 Å². The topological polar surface area (TPSA) is 61.0 Å². The van der Waals surface area contributed by atoms with Gasteiger partial charge in [0.05, 0.1) is 22.3 Å². The number of anilines is 2. The predicted octanol–water partition coefficient (Wildman–Crippen LogP) is 5.97. The van der Waals surface area contributed by atoms with Crippen molar-refractivity contribution in [3.63, 3.8) is 0 Å². The monoisotopic (exact) mass is 464 g/mol. The van der Waals surface area contributed by atoms with Crippen LogP contribution in [0.25, 0.3) is 21.1 Å². The van der Waals surface area contributed by atoms with Gasteiger partial charge in [0.25, 0.3) is 0 Å². The SMILES string of the molecule is CC(=O)Nc1cc(C(F)(F)F)c2nc(N3CCc4c([nH]c5ccc(Cl)cc45)C3)sc2c1. The Kier molecular flexibility index (Phi) is 4.63. The highest BCUT2D eigenvalue weighted by atomic mass is 35.5. The molecule has 0 saturated carbocycles. The minimum Gasteiger partial charge on any atom is -0.357 e. The summed E-state index contributed by atoms with van der Waals surface area (Å²) in [5, 5.41) is 4.70. The molecular formula is C21H16ClF3N4OS. The number of nitrogens with zero attached hydrogens (tertiary/aromatic N) is 2. The second-order valence-corrected chi connectivity index (χ2v) is 8.94. The minimum atomic E-state index is -4.58. The summed E-state index contributed by atoms with van der Waals surface area (Å²) < 4.78 is 41.3. The summed E-state index contributed by atoms with van der Waals surface area (Å²) in [5.74, 6) is -0.431. The molecule has 31 heavy (non-hydrogen) atoms. The third-order valence-corrected chi connectivity index (χ3v) is 6.62. The van der Waals surface area contributed by atoms with Gasteiger partial charge < -0.3 is 15.2 Å². The van der Waals surface area contributed by atoms with Crippen molar-refractivity contribution >= 4 is 60.8 Å². The molecule has 2 aromatic heterocycles. The fourth-order valence-electron chi connectivity index (χ4n) is 4.02. The number of hydrogen-bond donors (Lipinski definition) is 2. The van der Waals surface area contributed by atoms with Crippen molar-refractivity contribution in [2.24, 2.45) is 0 Å². The zero-order chi connectivity index (χ0) is 21.9. The van der Waals surface area contributed by atoms with Crippen molar-refractivity contribution in [1.29, 1.82) is 0 Å². The number of benzene rings is 2. The highest BCUT2D eigenvalue weighted by Crippen LogP contribution is 2.41. The standard InChI is InChI=1S/C21H16ClF3N4OS/c1-10(30)26-12-7-15(21(23,24)25)19-18(8-12)31-20(28-19)29-5-4-13-14-6-11(22)2-3-16(14)27-17(13)9-29/h2-3,6-8,27H,4-5,9H2,1H3,(H,26,30). The van der Waals surface area contributed by atoms with E-state index in [4.69, 9.17) is 11.6 Å². The first kappa shape index (κ1) is 20.1.